The molecule has 10 heteroatoms. The molecule has 3 aromatic heterocycles. The van der Waals surface area contributed by atoms with Gasteiger partial charge in [0.25, 0.3) is 10.0 Å². The summed E-state index contributed by atoms with van der Waals surface area (Å²) in [4.78, 5) is 11.1. The van der Waals surface area contributed by atoms with Crippen molar-refractivity contribution in [2.45, 2.75) is 36.2 Å². The molecule has 0 aliphatic carbocycles. The van der Waals surface area contributed by atoms with E-state index in [2.05, 4.69) is 14.9 Å². The van der Waals surface area contributed by atoms with E-state index >= 15 is 0 Å². The Balaban J connectivity index is 1.48. The highest BCUT2D eigenvalue weighted by Crippen LogP contribution is 2.29. The van der Waals surface area contributed by atoms with Crippen LogP contribution in [0.25, 0.3) is 11.2 Å². The van der Waals surface area contributed by atoms with Crippen LogP contribution in [0.3, 0.4) is 0 Å². The summed E-state index contributed by atoms with van der Waals surface area (Å²) in [5.41, 5.74) is 2.49. The van der Waals surface area contributed by atoms with E-state index < -0.39 is 15.6 Å². The van der Waals surface area contributed by atoms with Crippen molar-refractivity contribution in [1.29, 1.82) is 0 Å². The third kappa shape index (κ3) is 4.34. The maximum Gasteiger partial charge on any atom is 0.252 e. The first-order chi connectivity index (χ1) is 16.2. The van der Waals surface area contributed by atoms with E-state index in [4.69, 9.17) is 0 Å². The number of nitrogens with zero attached hydrogens (tertiary/aromatic N) is 5. The Labute approximate surface area is 203 Å². The molecule has 1 fully saturated rings. The number of aliphatic hydroxyl groups is 1. The largest absolute Gasteiger partial charge is 0.386 e. The van der Waals surface area contributed by atoms with Gasteiger partial charge >= 0.3 is 0 Å². The van der Waals surface area contributed by atoms with Gasteiger partial charge in [-0.1, -0.05) is 18.2 Å². The van der Waals surface area contributed by atoms with Crippen molar-refractivity contribution in [1.82, 2.24) is 18.8 Å². The molecule has 0 radical (unpaired) electrons. The van der Waals surface area contributed by atoms with Crippen LogP contribution >= 0.6 is 11.3 Å². The molecule has 0 spiro atoms. The molecule has 1 saturated heterocycles. The summed E-state index contributed by atoms with van der Waals surface area (Å²) in [6.07, 6.45) is 5.28. The smallest absolute Gasteiger partial charge is 0.252 e. The fourth-order valence-electron chi connectivity index (χ4n) is 4.43. The van der Waals surface area contributed by atoms with Gasteiger partial charge in [-0.25, -0.2) is 13.4 Å². The molecule has 0 unspecified atom stereocenters. The number of benzene rings is 1. The highest BCUT2D eigenvalue weighted by Gasteiger charge is 2.35. The molecular formula is C24H27N5O3S2. The Kier molecular flexibility index (Phi) is 5.93. The third-order valence-corrected chi connectivity index (χ3v) is 9.48. The van der Waals surface area contributed by atoms with Crippen LogP contribution in [0.2, 0.25) is 0 Å². The Hall–Kier alpha value is -2.79. The zero-order chi connectivity index (χ0) is 23.9. The minimum atomic E-state index is -3.55. The molecule has 178 valence electrons. The summed E-state index contributed by atoms with van der Waals surface area (Å²) < 4.78 is 30.5. The lowest BCUT2D eigenvalue weighted by atomic mass is 9.98. The van der Waals surface area contributed by atoms with Crippen LogP contribution in [0.15, 0.2) is 70.6 Å². The van der Waals surface area contributed by atoms with Crippen molar-refractivity contribution in [2.75, 3.05) is 24.5 Å². The maximum absolute atomic E-state index is 13.3. The van der Waals surface area contributed by atoms with Crippen LogP contribution in [-0.4, -0.2) is 58.0 Å². The molecule has 1 aliphatic rings. The van der Waals surface area contributed by atoms with Crippen LogP contribution in [0.4, 0.5) is 5.69 Å². The average Bonchev–Trinajstić information content (AvgIpc) is 3.50. The number of thiophene rings is 1. The zero-order valence-corrected chi connectivity index (χ0v) is 20.7. The highest BCUT2D eigenvalue weighted by molar-refractivity contribution is 7.91. The minimum Gasteiger partial charge on any atom is -0.386 e. The molecule has 8 nitrogen and oxygen atoms in total. The monoisotopic (exact) mass is 497 g/mol. The van der Waals surface area contributed by atoms with Gasteiger partial charge in [0.1, 0.15) is 9.73 Å². The summed E-state index contributed by atoms with van der Waals surface area (Å²) >= 11 is 1.24. The van der Waals surface area contributed by atoms with Gasteiger partial charge in [-0.2, -0.15) is 4.31 Å². The third-order valence-electron chi connectivity index (χ3n) is 6.24. The van der Waals surface area contributed by atoms with Crippen LogP contribution in [0.5, 0.6) is 0 Å². The van der Waals surface area contributed by atoms with Crippen molar-refractivity contribution >= 4 is 38.2 Å². The quantitative estimate of drug-likeness (QED) is 0.440. The zero-order valence-electron chi connectivity index (χ0n) is 19.1. The topological polar surface area (TPSA) is 91.6 Å². The lowest BCUT2D eigenvalue weighted by molar-refractivity contribution is 0.0786. The van der Waals surface area contributed by atoms with E-state index in [-0.39, 0.29) is 6.04 Å². The lowest BCUT2D eigenvalue weighted by Gasteiger charge is -2.42. The molecule has 1 N–H and O–H groups in total. The van der Waals surface area contributed by atoms with E-state index in [0.29, 0.717) is 30.4 Å². The van der Waals surface area contributed by atoms with Crippen molar-refractivity contribution in [2.24, 2.45) is 0 Å². The molecule has 1 aromatic carbocycles. The van der Waals surface area contributed by atoms with Gasteiger partial charge in [0.05, 0.1) is 11.6 Å². The number of anilines is 1. The summed E-state index contributed by atoms with van der Waals surface area (Å²) in [7, 11) is -3.55. The summed E-state index contributed by atoms with van der Waals surface area (Å²) in [5.74, 6) is 0. The number of aromatic nitrogens is 3. The normalized spacial score (nSPS) is 18.0. The lowest BCUT2D eigenvalue weighted by Crippen LogP contribution is -2.56. The molecular weight excluding hydrogens is 470 g/mol. The Bertz CT molecular complexity index is 1380. The van der Waals surface area contributed by atoms with Crippen molar-refractivity contribution in [3.63, 3.8) is 0 Å². The number of hydrogen-bond acceptors (Lipinski definition) is 7. The van der Waals surface area contributed by atoms with Crippen LogP contribution in [0, 0.1) is 0 Å². The fraction of sp³-hybridized carbons (Fsp3) is 0.333. The van der Waals surface area contributed by atoms with Gasteiger partial charge in [0.2, 0.25) is 0 Å². The van der Waals surface area contributed by atoms with Crippen molar-refractivity contribution in [3.8, 4) is 0 Å². The molecule has 1 atom stereocenters. The van der Waals surface area contributed by atoms with Gasteiger partial charge in [0.15, 0.2) is 5.65 Å². The number of sulfonamides is 1. The Morgan fingerprint density at radius 3 is 2.56 bits per heavy atom. The standard InChI is InChI=1S/C24H27N5O3S2/c1-24(2,30)18-5-7-19(8-6-18)29-14-13-28(34(31,32)22-4-3-15-33-22)17-20(29)16-27-12-9-21-23(27)26-11-10-25-21/h3-12,15,20,30H,13-14,16-17H2,1-2H3/t20-/m0/s1. The van der Waals surface area contributed by atoms with Crippen LogP contribution in [-0.2, 0) is 22.2 Å². The van der Waals surface area contributed by atoms with E-state index in [1.165, 1.54) is 11.3 Å². The van der Waals surface area contributed by atoms with Crippen molar-refractivity contribution in [3.05, 3.63) is 72.0 Å². The fourth-order valence-corrected chi connectivity index (χ4v) is 7.04. The second-order valence-electron chi connectivity index (χ2n) is 8.98. The van der Waals surface area contributed by atoms with E-state index in [9.17, 15) is 13.5 Å². The average molecular weight is 498 g/mol. The number of hydrogen-bond donors (Lipinski definition) is 1. The highest BCUT2D eigenvalue weighted by atomic mass is 32.2. The Morgan fingerprint density at radius 1 is 1.09 bits per heavy atom. The SMILES string of the molecule is CC(C)(O)c1ccc(N2CCN(S(=O)(=O)c3cccs3)C[C@@H]2Cn2ccc3nccnc32)cc1. The molecule has 0 amide bonds. The molecule has 0 saturated carbocycles. The number of fused-ring (bicyclic) bond motifs is 1. The first kappa shape index (κ1) is 23.0. The van der Waals surface area contributed by atoms with Crippen LogP contribution in [0.1, 0.15) is 19.4 Å². The molecule has 34 heavy (non-hydrogen) atoms. The second-order valence-corrected chi connectivity index (χ2v) is 12.1. The van der Waals surface area contributed by atoms with Crippen molar-refractivity contribution < 1.29 is 13.5 Å². The maximum atomic E-state index is 13.3. The van der Waals surface area contributed by atoms with E-state index in [0.717, 1.165) is 22.4 Å². The predicted octanol–water partition coefficient (Wildman–Crippen LogP) is 3.30. The molecule has 0 bridgehead atoms. The number of rotatable bonds is 6. The van der Waals surface area contributed by atoms with E-state index in [1.54, 1.807) is 48.1 Å². The predicted molar refractivity (Wildman–Crippen MR) is 133 cm³/mol. The van der Waals surface area contributed by atoms with Crippen LogP contribution < -0.4 is 4.90 Å². The van der Waals surface area contributed by atoms with Gasteiger partial charge in [-0.3, -0.25) is 4.98 Å². The van der Waals surface area contributed by atoms with Gasteiger partial charge in [0, 0.05) is 50.5 Å². The van der Waals surface area contributed by atoms with Gasteiger partial charge in [-0.05, 0) is 49.1 Å². The molecule has 1 aliphatic heterocycles. The first-order valence-electron chi connectivity index (χ1n) is 11.1. The minimum absolute atomic E-state index is 0.117. The summed E-state index contributed by atoms with van der Waals surface area (Å²) in [6.45, 7) is 5.39. The molecule has 4 aromatic rings. The Morgan fingerprint density at radius 2 is 1.85 bits per heavy atom. The first-order valence-corrected chi connectivity index (χ1v) is 13.4. The number of piperazine rings is 1. The van der Waals surface area contributed by atoms with Gasteiger partial charge in [-0.15, -0.1) is 11.3 Å². The summed E-state index contributed by atoms with van der Waals surface area (Å²) in [5, 5.41) is 12.1. The summed E-state index contributed by atoms with van der Waals surface area (Å²) in [6, 6.07) is 13.1. The second kappa shape index (κ2) is 8.77. The molecule has 5 rings (SSSR count). The van der Waals surface area contributed by atoms with E-state index in [1.807, 2.05) is 41.1 Å². The molecule has 4 heterocycles. The van der Waals surface area contributed by atoms with Gasteiger partial charge < -0.3 is 14.6 Å².